The molecule has 0 spiro atoms. The predicted molar refractivity (Wildman–Crippen MR) is 48.0 cm³/mol. The van der Waals surface area contributed by atoms with Crippen molar-refractivity contribution in [2.75, 3.05) is 18.9 Å². The maximum atomic E-state index is 5.52. The molecule has 1 unspecified atom stereocenters. The largest absolute Gasteiger partial charge is 0.357 e. The number of hydrogen-bond acceptors (Lipinski definition) is 4. The lowest BCUT2D eigenvalue weighted by Crippen LogP contribution is -2.13. The molecule has 5 heteroatoms. The lowest BCUT2D eigenvalue weighted by molar-refractivity contribution is 0.667. The van der Waals surface area contributed by atoms with E-state index in [1.54, 1.807) is 0 Å². The molecule has 1 heterocycles. The minimum atomic E-state index is 0.254. The van der Waals surface area contributed by atoms with Gasteiger partial charge < -0.3 is 15.6 Å². The Hall–Kier alpha value is -1.10. The first-order chi connectivity index (χ1) is 5.70. The van der Waals surface area contributed by atoms with E-state index in [1.165, 1.54) is 0 Å². The van der Waals surface area contributed by atoms with E-state index in [1.807, 2.05) is 25.6 Å². The van der Waals surface area contributed by atoms with Gasteiger partial charge >= 0.3 is 0 Å². The summed E-state index contributed by atoms with van der Waals surface area (Å²) in [4.78, 5) is 0. The van der Waals surface area contributed by atoms with Gasteiger partial charge in [0.1, 0.15) is 5.82 Å². The van der Waals surface area contributed by atoms with Gasteiger partial charge in [0.2, 0.25) is 5.95 Å². The highest BCUT2D eigenvalue weighted by molar-refractivity contribution is 5.24. The first kappa shape index (κ1) is 8.99. The summed E-state index contributed by atoms with van der Waals surface area (Å²) in [6.45, 7) is 2.62. The van der Waals surface area contributed by atoms with E-state index in [4.69, 9.17) is 5.73 Å². The van der Waals surface area contributed by atoms with Crippen molar-refractivity contribution in [2.45, 2.75) is 12.8 Å². The van der Waals surface area contributed by atoms with Crippen molar-refractivity contribution in [3.8, 4) is 0 Å². The van der Waals surface area contributed by atoms with Gasteiger partial charge in [-0.1, -0.05) is 6.92 Å². The molecule has 12 heavy (non-hydrogen) atoms. The van der Waals surface area contributed by atoms with E-state index in [9.17, 15) is 0 Å². The molecule has 0 amide bonds. The highest BCUT2D eigenvalue weighted by atomic mass is 15.3. The van der Waals surface area contributed by atoms with Gasteiger partial charge in [0.25, 0.3) is 0 Å². The predicted octanol–water partition coefficient (Wildman–Crippen LogP) is -0.0810. The van der Waals surface area contributed by atoms with Crippen molar-refractivity contribution in [1.82, 2.24) is 14.8 Å². The maximum absolute atomic E-state index is 5.52. The number of rotatable bonds is 3. The summed E-state index contributed by atoms with van der Waals surface area (Å²) in [5, 5.41) is 10.9. The maximum Gasteiger partial charge on any atom is 0.224 e. The molecule has 0 aromatic carbocycles. The average Bonchev–Trinajstić information content (AvgIpc) is 2.45. The van der Waals surface area contributed by atoms with E-state index in [-0.39, 0.29) is 5.92 Å². The molecule has 0 fully saturated rings. The molecule has 3 N–H and O–H groups in total. The monoisotopic (exact) mass is 169 g/mol. The van der Waals surface area contributed by atoms with Crippen LogP contribution in [0.3, 0.4) is 0 Å². The normalized spacial score (nSPS) is 13.0. The third kappa shape index (κ3) is 1.40. The van der Waals surface area contributed by atoms with Gasteiger partial charge in [-0.15, -0.1) is 10.2 Å². The summed E-state index contributed by atoms with van der Waals surface area (Å²) in [5.41, 5.74) is 5.52. The van der Waals surface area contributed by atoms with Gasteiger partial charge in [-0.05, 0) is 0 Å². The van der Waals surface area contributed by atoms with Gasteiger partial charge in [-0.2, -0.15) is 0 Å². The number of nitrogens with two attached hydrogens (primary N) is 1. The molecule has 0 bridgehead atoms. The molecule has 1 atom stereocenters. The zero-order valence-corrected chi connectivity index (χ0v) is 7.70. The van der Waals surface area contributed by atoms with Crippen molar-refractivity contribution in [2.24, 2.45) is 12.8 Å². The molecule has 5 nitrogen and oxygen atoms in total. The molecule has 1 aromatic rings. The fraction of sp³-hybridized carbons (Fsp3) is 0.714. The Morgan fingerprint density at radius 2 is 2.25 bits per heavy atom. The summed E-state index contributed by atoms with van der Waals surface area (Å²) in [5.74, 6) is 1.94. The Balaban J connectivity index is 2.93. The molecule has 0 aliphatic carbocycles. The van der Waals surface area contributed by atoms with Crippen LogP contribution in [0.15, 0.2) is 0 Å². The molecule has 68 valence electrons. The van der Waals surface area contributed by atoms with Crippen LogP contribution in [0.25, 0.3) is 0 Å². The highest BCUT2D eigenvalue weighted by Gasteiger charge is 2.12. The molecule has 0 saturated heterocycles. The Labute approximate surface area is 72.0 Å². The second-order valence-electron chi connectivity index (χ2n) is 2.83. The zero-order valence-electron chi connectivity index (χ0n) is 7.70. The molecule has 0 saturated carbocycles. The number of nitrogens with zero attached hydrogens (tertiary/aromatic N) is 3. The Kier molecular flexibility index (Phi) is 2.65. The van der Waals surface area contributed by atoms with Crippen LogP contribution < -0.4 is 11.1 Å². The molecule has 1 rings (SSSR count). The summed E-state index contributed by atoms with van der Waals surface area (Å²) < 4.78 is 1.91. The van der Waals surface area contributed by atoms with Gasteiger partial charge in [0.05, 0.1) is 0 Å². The van der Waals surface area contributed by atoms with Crippen LogP contribution in [0, 0.1) is 0 Å². The molecule has 0 radical (unpaired) electrons. The topological polar surface area (TPSA) is 68.8 Å². The quantitative estimate of drug-likeness (QED) is 0.664. The van der Waals surface area contributed by atoms with Crippen molar-refractivity contribution < 1.29 is 0 Å². The summed E-state index contributed by atoms with van der Waals surface area (Å²) in [6.07, 6.45) is 0. The lowest BCUT2D eigenvalue weighted by atomic mass is 10.2. The van der Waals surface area contributed by atoms with Crippen LogP contribution in [-0.4, -0.2) is 28.4 Å². The van der Waals surface area contributed by atoms with Gasteiger partial charge in [0, 0.05) is 26.6 Å². The number of anilines is 1. The SMILES string of the molecule is CNc1nnc(C(C)CN)n1C. The van der Waals surface area contributed by atoms with E-state index in [0.717, 1.165) is 11.8 Å². The van der Waals surface area contributed by atoms with Gasteiger partial charge in [0.15, 0.2) is 0 Å². The standard InChI is InChI=1S/C7H15N5/c1-5(4-8)6-10-11-7(9-2)12(6)3/h5H,4,8H2,1-3H3,(H,9,11). The summed E-state index contributed by atoms with van der Waals surface area (Å²) in [7, 11) is 3.74. The minimum Gasteiger partial charge on any atom is -0.357 e. The first-order valence-corrected chi connectivity index (χ1v) is 3.97. The molecular weight excluding hydrogens is 154 g/mol. The van der Waals surface area contributed by atoms with Crippen LogP contribution in [-0.2, 0) is 7.05 Å². The Morgan fingerprint density at radius 1 is 1.58 bits per heavy atom. The first-order valence-electron chi connectivity index (χ1n) is 3.97. The Bertz CT molecular complexity index is 254. The minimum absolute atomic E-state index is 0.254. The van der Waals surface area contributed by atoms with Crippen LogP contribution in [0.5, 0.6) is 0 Å². The third-order valence-electron chi connectivity index (χ3n) is 1.93. The summed E-state index contributed by atoms with van der Waals surface area (Å²) in [6, 6.07) is 0. The van der Waals surface area contributed by atoms with Crippen LogP contribution in [0.2, 0.25) is 0 Å². The molecule has 1 aromatic heterocycles. The molecular formula is C7H15N5. The van der Waals surface area contributed by atoms with E-state index < -0.39 is 0 Å². The van der Waals surface area contributed by atoms with Crippen molar-refractivity contribution in [3.63, 3.8) is 0 Å². The van der Waals surface area contributed by atoms with Crippen LogP contribution in [0.4, 0.5) is 5.95 Å². The van der Waals surface area contributed by atoms with Gasteiger partial charge in [-0.3, -0.25) is 0 Å². The number of hydrogen-bond donors (Lipinski definition) is 2. The van der Waals surface area contributed by atoms with Gasteiger partial charge in [-0.25, -0.2) is 0 Å². The molecule has 0 aliphatic heterocycles. The summed E-state index contributed by atoms with van der Waals surface area (Å²) >= 11 is 0. The number of nitrogens with one attached hydrogen (secondary N) is 1. The van der Waals surface area contributed by atoms with E-state index >= 15 is 0 Å². The zero-order chi connectivity index (χ0) is 9.14. The van der Waals surface area contributed by atoms with Crippen LogP contribution in [0.1, 0.15) is 18.7 Å². The average molecular weight is 169 g/mol. The van der Waals surface area contributed by atoms with Crippen LogP contribution >= 0.6 is 0 Å². The second-order valence-corrected chi connectivity index (χ2v) is 2.83. The van der Waals surface area contributed by atoms with E-state index in [2.05, 4.69) is 15.5 Å². The molecule has 0 aliphatic rings. The lowest BCUT2D eigenvalue weighted by Gasteiger charge is -2.07. The van der Waals surface area contributed by atoms with Crippen molar-refractivity contribution in [1.29, 1.82) is 0 Å². The second kappa shape index (κ2) is 3.53. The highest BCUT2D eigenvalue weighted by Crippen LogP contribution is 2.13. The van der Waals surface area contributed by atoms with Crippen molar-refractivity contribution in [3.05, 3.63) is 5.82 Å². The smallest absolute Gasteiger partial charge is 0.224 e. The van der Waals surface area contributed by atoms with E-state index in [0.29, 0.717) is 6.54 Å². The van der Waals surface area contributed by atoms with Crippen molar-refractivity contribution >= 4 is 5.95 Å². The Morgan fingerprint density at radius 3 is 2.67 bits per heavy atom. The number of aromatic nitrogens is 3. The fourth-order valence-corrected chi connectivity index (χ4v) is 1.09. The third-order valence-corrected chi connectivity index (χ3v) is 1.93. The fourth-order valence-electron chi connectivity index (χ4n) is 1.09.